The van der Waals surface area contributed by atoms with Crippen LogP contribution in [0.3, 0.4) is 0 Å². The van der Waals surface area contributed by atoms with Gasteiger partial charge in [0.25, 0.3) is 0 Å². The molecular formula is C20H20N4O4S2. The van der Waals surface area contributed by atoms with Gasteiger partial charge in [0, 0.05) is 11.8 Å². The average Bonchev–Trinajstić information content (AvgIpc) is 3.21. The summed E-state index contributed by atoms with van der Waals surface area (Å²) in [6, 6.07) is 13.0. The lowest BCUT2D eigenvalue weighted by Crippen LogP contribution is -2.17. The van der Waals surface area contributed by atoms with Crippen molar-refractivity contribution in [2.24, 2.45) is 0 Å². The fourth-order valence-corrected chi connectivity index (χ4v) is 4.29. The average molecular weight is 445 g/mol. The van der Waals surface area contributed by atoms with Gasteiger partial charge in [-0.1, -0.05) is 35.2 Å². The van der Waals surface area contributed by atoms with Crippen LogP contribution < -0.4 is 24.8 Å². The highest BCUT2D eigenvalue weighted by Gasteiger charge is 2.14. The number of carbonyl (C=O) groups excluding carboxylic acids is 1. The normalized spacial score (nSPS) is 12.3. The first-order valence-electron chi connectivity index (χ1n) is 9.36. The maximum Gasteiger partial charge on any atom is 0.234 e. The molecule has 4 rings (SSSR count). The SMILES string of the molecule is CCOc1ccccc1Nc1nnc(SCC(=O)Nc2ccc3c(c2)OCCO3)s1. The molecule has 8 nitrogen and oxygen atoms in total. The maximum absolute atomic E-state index is 12.3. The van der Waals surface area contributed by atoms with E-state index in [1.54, 1.807) is 18.2 Å². The van der Waals surface area contributed by atoms with Crippen LogP contribution in [0.1, 0.15) is 6.92 Å². The smallest absolute Gasteiger partial charge is 0.234 e. The molecule has 0 fully saturated rings. The number of fused-ring (bicyclic) bond motifs is 1. The van der Waals surface area contributed by atoms with E-state index in [1.165, 1.54) is 23.1 Å². The molecule has 0 aliphatic carbocycles. The Hall–Kier alpha value is -2.98. The number of hydrogen-bond acceptors (Lipinski definition) is 9. The molecule has 0 bridgehead atoms. The first-order valence-corrected chi connectivity index (χ1v) is 11.2. The monoisotopic (exact) mass is 444 g/mol. The first-order chi connectivity index (χ1) is 14.7. The van der Waals surface area contributed by atoms with Crippen molar-refractivity contribution in [2.75, 3.05) is 36.2 Å². The van der Waals surface area contributed by atoms with E-state index in [4.69, 9.17) is 14.2 Å². The molecule has 0 saturated carbocycles. The molecule has 0 spiro atoms. The zero-order valence-corrected chi connectivity index (χ0v) is 17.8. The minimum Gasteiger partial charge on any atom is -0.492 e. The van der Waals surface area contributed by atoms with E-state index in [0.717, 1.165) is 11.4 Å². The second-order valence-electron chi connectivity index (χ2n) is 6.12. The Labute approximate surface area is 182 Å². The lowest BCUT2D eigenvalue weighted by molar-refractivity contribution is -0.113. The van der Waals surface area contributed by atoms with Crippen molar-refractivity contribution < 1.29 is 19.0 Å². The van der Waals surface area contributed by atoms with Crippen molar-refractivity contribution in [1.29, 1.82) is 0 Å². The Balaban J connectivity index is 1.31. The van der Waals surface area contributed by atoms with Crippen LogP contribution in [0.2, 0.25) is 0 Å². The van der Waals surface area contributed by atoms with Crippen LogP contribution in [-0.4, -0.2) is 41.7 Å². The minimum atomic E-state index is -0.136. The number of anilines is 3. The Morgan fingerprint density at radius 3 is 2.87 bits per heavy atom. The number of rotatable bonds is 8. The number of nitrogens with one attached hydrogen (secondary N) is 2. The molecule has 0 saturated heterocycles. The first kappa shape index (κ1) is 20.3. The molecule has 1 aliphatic rings. The Morgan fingerprint density at radius 2 is 2.00 bits per heavy atom. The summed E-state index contributed by atoms with van der Waals surface area (Å²) in [5.41, 5.74) is 1.49. The third kappa shape index (κ3) is 5.14. The molecule has 156 valence electrons. The van der Waals surface area contributed by atoms with E-state index in [1.807, 2.05) is 31.2 Å². The Morgan fingerprint density at radius 1 is 1.17 bits per heavy atom. The van der Waals surface area contributed by atoms with Gasteiger partial charge in [-0.25, -0.2) is 0 Å². The van der Waals surface area contributed by atoms with Crippen LogP contribution in [0.25, 0.3) is 0 Å². The molecule has 3 aromatic rings. The molecule has 1 aromatic heterocycles. The summed E-state index contributed by atoms with van der Waals surface area (Å²) in [5, 5.41) is 15.0. The van der Waals surface area contributed by atoms with E-state index >= 15 is 0 Å². The van der Waals surface area contributed by atoms with Gasteiger partial charge in [0.15, 0.2) is 15.8 Å². The lowest BCUT2D eigenvalue weighted by atomic mass is 10.2. The molecular weight excluding hydrogens is 424 g/mol. The fraction of sp³-hybridized carbons (Fsp3) is 0.250. The van der Waals surface area contributed by atoms with Crippen LogP contribution in [0.15, 0.2) is 46.8 Å². The summed E-state index contributed by atoms with van der Waals surface area (Å²) < 4.78 is 17.3. The van der Waals surface area contributed by atoms with Gasteiger partial charge in [-0.05, 0) is 31.2 Å². The van der Waals surface area contributed by atoms with Gasteiger partial charge in [0.05, 0.1) is 18.0 Å². The van der Waals surface area contributed by atoms with Gasteiger partial charge in [-0.2, -0.15) is 0 Å². The highest BCUT2D eigenvalue weighted by molar-refractivity contribution is 8.01. The lowest BCUT2D eigenvalue weighted by Gasteiger charge is -2.18. The summed E-state index contributed by atoms with van der Waals surface area (Å²) in [4.78, 5) is 12.3. The van der Waals surface area contributed by atoms with Crippen LogP contribution in [0.5, 0.6) is 17.2 Å². The zero-order valence-electron chi connectivity index (χ0n) is 16.2. The van der Waals surface area contributed by atoms with Crippen LogP contribution in [0.4, 0.5) is 16.5 Å². The topological polar surface area (TPSA) is 94.6 Å². The molecule has 10 heteroatoms. The summed E-state index contributed by atoms with van der Waals surface area (Å²) >= 11 is 2.71. The summed E-state index contributed by atoms with van der Waals surface area (Å²) in [5.74, 6) is 2.16. The fourth-order valence-electron chi connectivity index (χ4n) is 2.73. The van der Waals surface area contributed by atoms with E-state index < -0.39 is 0 Å². The number of nitrogens with zero attached hydrogens (tertiary/aromatic N) is 2. The number of ether oxygens (including phenoxy) is 3. The van der Waals surface area contributed by atoms with Crippen molar-refractivity contribution in [3.63, 3.8) is 0 Å². The zero-order chi connectivity index (χ0) is 20.8. The number of para-hydroxylation sites is 2. The number of aromatic nitrogens is 2. The van der Waals surface area contributed by atoms with E-state index in [2.05, 4.69) is 20.8 Å². The third-order valence-corrected chi connectivity index (χ3v) is 5.96. The molecule has 1 amide bonds. The summed E-state index contributed by atoms with van der Waals surface area (Å²) in [6.45, 7) is 3.55. The minimum absolute atomic E-state index is 0.136. The van der Waals surface area contributed by atoms with Crippen LogP contribution >= 0.6 is 23.1 Å². The van der Waals surface area contributed by atoms with E-state index in [-0.39, 0.29) is 11.7 Å². The molecule has 2 aromatic carbocycles. The van der Waals surface area contributed by atoms with Crippen molar-refractivity contribution >= 4 is 45.5 Å². The van der Waals surface area contributed by atoms with Crippen molar-refractivity contribution in [3.8, 4) is 17.2 Å². The molecule has 0 radical (unpaired) electrons. The predicted molar refractivity (Wildman–Crippen MR) is 118 cm³/mol. The molecule has 30 heavy (non-hydrogen) atoms. The molecule has 2 N–H and O–H groups in total. The van der Waals surface area contributed by atoms with Gasteiger partial charge in [0.2, 0.25) is 11.0 Å². The van der Waals surface area contributed by atoms with Gasteiger partial charge < -0.3 is 24.8 Å². The highest BCUT2D eigenvalue weighted by Crippen LogP contribution is 2.33. The van der Waals surface area contributed by atoms with Gasteiger partial charge in [-0.15, -0.1) is 10.2 Å². The highest BCUT2D eigenvalue weighted by atomic mass is 32.2. The molecule has 0 atom stereocenters. The Kier molecular flexibility index (Phi) is 6.55. The number of carbonyl (C=O) groups is 1. The maximum atomic E-state index is 12.3. The molecule has 1 aliphatic heterocycles. The second-order valence-corrected chi connectivity index (χ2v) is 8.32. The Bertz CT molecular complexity index is 1030. The predicted octanol–water partition coefficient (Wildman–Crippen LogP) is 4.18. The quantitative estimate of drug-likeness (QED) is 0.500. The third-order valence-electron chi connectivity index (χ3n) is 3.99. The second kappa shape index (κ2) is 9.68. The number of benzene rings is 2. The van der Waals surface area contributed by atoms with Crippen molar-refractivity contribution in [3.05, 3.63) is 42.5 Å². The number of amides is 1. The number of hydrogen-bond donors (Lipinski definition) is 2. The van der Waals surface area contributed by atoms with Crippen molar-refractivity contribution in [2.45, 2.75) is 11.3 Å². The molecule has 0 unspecified atom stereocenters. The van der Waals surface area contributed by atoms with Gasteiger partial charge >= 0.3 is 0 Å². The van der Waals surface area contributed by atoms with Gasteiger partial charge in [-0.3, -0.25) is 4.79 Å². The standard InChI is InChI=1S/C20H20N4O4S2/c1-2-26-15-6-4-3-5-14(15)22-19-23-24-20(30-19)29-12-18(25)21-13-7-8-16-17(11-13)28-10-9-27-16/h3-8,11H,2,9-10,12H2,1H3,(H,21,25)(H,22,23). The number of thioether (sulfide) groups is 1. The van der Waals surface area contributed by atoms with E-state index in [9.17, 15) is 4.79 Å². The largest absolute Gasteiger partial charge is 0.492 e. The van der Waals surface area contributed by atoms with E-state index in [0.29, 0.717) is 46.5 Å². The van der Waals surface area contributed by atoms with Gasteiger partial charge in [0.1, 0.15) is 19.0 Å². The van der Waals surface area contributed by atoms with Crippen LogP contribution in [0, 0.1) is 0 Å². The molecule has 2 heterocycles. The van der Waals surface area contributed by atoms with Crippen molar-refractivity contribution in [1.82, 2.24) is 10.2 Å². The summed E-state index contributed by atoms with van der Waals surface area (Å²) in [6.07, 6.45) is 0. The van der Waals surface area contributed by atoms with Crippen LogP contribution in [-0.2, 0) is 4.79 Å². The summed E-state index contributed by atoms with van der Waals surface area (Å²) in [7, 11) is 0.